The number of ether oxygens (including phenoxy) is 2. The summed E-state index contributed by atoms with van der Waals surface area (Å²) in [6, 6.07) is 1.08. The summed E-state index contributed by atoms with van der Waals surface area (Å²) in [7, 11) is -1.84. The lowest BCUT2D eigenvalue weighted by atomic mass is 9.97. The van der Waals surface area contributed by atoms with Gasteiger partial charge in [0.05, 0.1) is 25.1 Å². The van der Waals surface area contributed by atoms with Gasteiger partial charge in [0, 0.05) is 25.9 Å². The summed E-state index contributed by atoms with van der Waals surface area (Å²) >= 11 is 0. The van der Waals surface area contributed by atoms with E-state index in [2.05, 4.69) is 9.71 Å². The average Bonchev–Trinajstić information content (AvgIpc) is 2.54. The number of sulfonamides is 1. The number of hydrogen-bond donors (Lipinski definition) is 1. The first-order chi connectivity index (χ1) is 11.8. The normalized spacial score (nSPS) is 21.2. The van der Waals surface area contributed by atoms with Crippen molar-refractivity contribution in [2.24, 2.45) is 0 Å². The summed E-state index contributed by atoms with van der Waals surface area (Å²) in [6.45, 7) is 2.55. The number of aryl methyl sites for hydroxylation is 1. The van der Waals surface area contributed by atoms with E-state index < -0.39 is 10.0 Å². The Morgan fingerprint density at radius 1 is 1.48 bits per heavy atom. The van der Waals surface area contributed by atoms with E-state index in [-0.39, 0.29) is 31.2 Å². The number of likely N-dealkylation sites (tertiary alicyclic amines) is 1. The topological polar surface area (TPSA) is 97.8 Å². The second-order valence-corrected chi connectivity index (χ2v) is 7.96. The Kier molecular flexibility index (Phi) is 6.74. The Balaban J connectivity index is 2.06. The molecule has 1 N–H and O–H groups in total. The smallest absolute Gasteiger partial charge is 0.260 e. The lowest BCUT2D eigenvalue weighted by Gasteiger charge is -2.40. The molecule has 1 aromatic heterocycles. The molecule has 0 bridgehead atoms. The molecule has 1 amide bonds. The summed E-state index contributed by atoms with van der Waals surface area (Å²) in [4.78, 5) is 18.3. The lowest BCUT2D eigenvalue weighted by molar-refractivity contribution is -0.139. The van der Waals surface area contributed by atoms with Gasteiger partial charge in [-0.25, -0.2) is 13.1 Å². The van der Waals surface area contributed by atoms with E-state index in [0.29, 0.717) is 25.1 Å². The number of amides is 1. The number of aromatic nitrogens is 1. The quantitative estimate of drug-likeness (QED) is 0.741. The summed E-state index contributed by atoms with van der Waals surface area (Å²) < 4.78 is 36.6. The van der Waals surface area contributed by atoms with Crippen LogP contribution in [0.2, 0.25) is 0 Å². The van der Waals surface area contributed by atoms with Crippen molar-refractivity contribution < 1.29 is 22.7 Å². The van der Waals surface area contributed by atoms with Crippen molar-refractivity contribution in [2.45, 2.75) is 31.8 Å². The first-order valence-corrected chi connectivity index (χ1v) is 10.00. The maximum atomic E-state index is 12.6. The first kappa shape index (κ1) is 19.6. The molecule has 0 aromatic carbocycles. The number of hydrogen-bond acceptors (Lipinski definition) is 6. The van der Waals surface area contributed by atoms with Crippen LogP contribution in [0.5, 0.6) is 5.75 Å². The van der Waals surface area contributed by atoms with E-state index in [4.69, 9.17) is 9.47 Å². The van der Waals surface area contributed by atoms with Gasteiger partial charge in [-0.05, 0) is 31.4 Å². The fourth-order valence-corrected chi connectivity index (χ4v) is 3.80. The highest BCUT2D eigenvalue weighted by molar-refractivity contribution is 7.88. The van der Waals surface area contributed by atoms with E-state index >= 15 is 0 Å². The first-order valence-electron chi connectivity index (χ1n) is 8.11. The average molecular weight is 371 g/mol. The van der Waals surface area contributed by atoms with Gasteiger partial charge in [-0.15, -0.1) is 0 Å². The molecule has 2 rings (SSSR count). The molecule has 0 radical (unpaired) electrons. The fraction of sp³-hybridized carbons (Fsp3) is 0.625. The van der Waals surface area contributed by atoms with Crippen LogP contribution in [-0.4, -0.2) is 69.4 Å². The van der Waals surface area contributed by atoms with Crippen LogP contribution in [0.15, 0.2) is 18.5 Å². The Morgan fingerprint density at radius 2 is 2.24 bits per heavy atom. The molecule has 140 valence electrons. The van der Waals surface area contributed by atoms with E-state index in [9.17, 15) is 13.2 Å². The minimum absolute atomic E-state index is 0.127. The van der Waals surface area contributed by atoms with E-state index in [1.807, 2.05) is 6.92 Å². The maximum Gasteiger partial charge on any atom is 0.260 e. The maximum absolute atomic E-state index is 12.6. The molecule has 8 nitrogen and oxygen atoms in total. The number of methoxy groups -OCH3 is 1. The Bertz CT molecular complexity index is 695. The highest BCUT2D eigenvalue weighted by Crippen LogP contribution is 2.20. The predicted molar refractivity (Wildman–Crippen MR) is 92.8 cm³/mol. The van der Waals surface area contributed by atoms with Crippen molar-refractivity contribution in [3.8, 4) is 5.75 Å². The largest absolute Gasteiger partial charge is 0.482 e. The van der Waals surface area contributed by atoms with Gasteiger partial charge in [0.2, 0.25) is 10.0 Å². The number of rotatable bonds is 7. The van der Waals surface area contributed by atoms with Gasteiger partial charge in [-0.1, -0.05) is 0 Å². The number of pyridine rings is 1. The molecule has 1 aliphatic rings. The third-order valence-corrected chi connectivity index (χ3v) is 4.88. The van der Waals surface area contributed by atoms with E-state index in [1.165, 1.54) is 7.11 Å². The van der Waals surface area contributed by atoms with Crippen molar-refractivity contribution in [3.05, 3.63) is 24.0 Å². The van der Waals surface area contributed by atoms with Gasteiger partial charge in [0.15, 0.2) is 6.61 Å². The molecular formula is C16H25N3O5S. The third kappa shape index (κ3) is 5.65. The predicted octanol–water partition coefficient (Wildman–Crippen LogP) is 0.324. The van der Waals surface area contributed by atoms with Crippen LogP contribution in [0, 0.1) is 6.92 Å². The molecule has 9 heteroatoms. The standard InChI is InChI=1S/C16H25N3O5S/c1-12-6-7-17-9-15(12)24-11-16(20)19-8-4-5-13(14(19)10-23-2)18-25(3,21)22/h6-7,9,13-14,18H,4-5,8,10-11H2,1-3H3/t13?,14-/m0/s1. The SMILES string of the molecule is COC[C@H]1C(NS(C)(=O)=O)CCCN1C(=O)COc1cnccc1C. The van der Waals surface area contributed by atoms with Crippen LogP contribution in [0.4, 0.5) is 0 Å². The summed E-state index contributed by atoms with van der Waals surface area (Å²) in [5, 5.41) is 0. The molecule has 2 heterocycles. The Morgan fingerprint density at radius 3 is 2.88 bits per heavy atom. The monoisotopic (exact) mass is 371 g/mol. The van der Waals surface area contributed by atoms with Gasteiger partial charge >= 0.3 is 0 Å². The molecule has 2 atom stereocenters. The van der Waals surface area contributed by atoms with Gasteiger partial charge in [0.25, 0.3) is 5.91 Å². The van der Waals surface area contributed by atoms with Gasteiger partial charge < -0.3 is 14.4 Å². The van der Waals surface area contributed by atoms with Crippen LogP contribution >= 0.6 is 0 Å². The third-order valence-electron chi connectivity index (χ3n) is 4.14. The molecule has 1 fully saturated rings. The number of nitrogens with one attached hydrogen (secondary N) is 1. The van der Waals surface area contributed by atoms with Gasteiger partial charge in [0.1, 0.15) is 5.75 Å². The Hall–Kier alpha value is -1.71. The van der Waals surface area contributed by atoms with Crippen molar-refractivity contribution in [3.63, 3.8) is 0 Å². The summed E-state index contributed by atoms with van der Waals surface area (Å²) in [6.07, 6.45) is 5.72. The minimum atomic E-state index is -3.37. The van der Waals surface area contributed by atoms with E-state index in [0.717, 1.165) is 11.8 Å². The zero-order valence-electron chi connectivity index (χ0n) is 14.8. The number of carbonyl (C=O) groups is 1. The number of piperidine rings is 1. The van der Waals surface area contributed by atoms with E-state index in [1.54, 1.807) is 23.4 Å². The zero-order chi connectivity index (χ0) is 18.4. The molecule has 0 saturated carbocycles. The molecule has 25 heavy (non-hydrogen) atoms. The van der Waals surface area contributed by atoms with Crippen LogP contribution < -0.4 is 9.46 Å². The van der Waals surface area contributed by atoms with Crippen LogP contribution in [0.1, 0.15) is 18.4 Å². The minimum Gasteiger partial charge on any atom is -0.482 e. The van der Waals surface area contributed by atoms with Gasteiger partial charge in [-0.2, -0.15) is 0 Å². The van der Waals surface area contributed by atoms with Crippen molar-refractivity contribution in [2.75, 3.05) is 33.1 Å². The second-order valence-electron chi connectivity index (χ2n) is 6.18. The molecular weight excluding hydrogens is 346 g/mol. The molecule has 1 saturated heterocycles. The van der Waals surface area contributed by atoms with Crippen molar-refractivity contribution in [1.29, 1.82) is 0 Å². The van der Waals surface area contributed by atoms with Crippen molar-refractivity contribution in [1.82, 2.24) is 14.6 Å². The molecule has 0 aliphatic carbocycles. The van der Waals surface area contributed by atoms with Crippen LogP contribution in [0.25, 0.3) is 0 Å². The molecule has 1 unspecified atom stereocenters. The Labute approximate surface area is 148 Å². The van der Waals surface area contributed by atoms with Crippen LogP contribution in [-0.2, 0) is 19.6 Å². The molecule has 1 aromatic rings. The number of nitrogens with zero attached hydrogens (tertiary/aromatic N) is 2. The van der Waals surface area contributed by atoms with Crippen LogP contribution in [0.3, 0.4) is 0 Å². The highest BCUT2D eigenvalue weighted by Gasteiger charge is 2.35. The molecule has 1 aliphatic heterocycles. The lowest BCUT2D eigenvalue weighted by Crippen LogP contribution is -2.59. The fourth-order valence-electron chi connectivity index (χ4n) is 2.98. The number of carbonyl (C=O) groups excluding carboxylic acids is 1. The second kappa shape index (κ2) is 8.59. The molecule has 0 spiro atoms. The highest BCUT2D eigenvalue weighted by atomic mass is 32.2. The van der Waals surface area contributed by atoms with Gasteiger partial charge in [-0.3, -0.25) is 9.78 Å². The zero-order valence-corrected chi connectivity index (χ0v) is 15.6. The van der Waals surface area contributed by atoms with Crippen molar-refractivity contribution >= 4 is 15.9 Å². The summed E-state index contributed by atoms with van der Waals surface area (Å²) in [5.41, 5.74) is 0.895. The summed E-state index contributed by atoms with van der Waals surface area (Å²) in [5.74, 6) is 0.354.